The number of nitrogens with zero attached hydrogens (tertiary/aromatic N) is 3. The topological polar surface area (TPSA) is 52.7 Å². The van der Waals surface area contributed by atoms with E-state index >= 15 is 0 Å². The summed E-state index contributed by atoms with van der Waals surface area (Å²) >= 11 is 5.65. The monoisotopic (exact) mass is 397 g/mol. The molecule has 1 atom stereocenters. The van der Waals surface area contributed by atoms with Gasteiger partial charge in [0.05, 0.1) is 12.1 Å². The number of hydrogen-bond donors (Lipinski definition) is 2. The van der Waals surface area contributed by atoms with Crippen molar-refractivity contribution in [1.82, 2.24) is 20.7 Å². The Morgan fingerprint density at radius 1 is 1.14 bits per heavy atom. The van der Waals surface area contributed by atoms with Crippen molar-refractivity contribution < 1.29 is 4.74 Å². The van der Waals surface area contributed by atoms with Crippen molar-refractivity contribution in [2.75, 3.05) is 37.7 Å². The molecule has 0 bridgehead atoms. The van der Waals surface area contributed by atoms with Gasteiger partial charge in [-0.25, -0.2) is 5.43 Å². The van der Waals surface area contributed by atoms with Gasteiger partial charge in [0.25, 0.3) is 0 Å². The van der Waals surface area contributed by atoms with Gasteiger partial charge in [0.15, 0.2) is 5.11 Å². The number of benzene rings is 1. The molecule has 1 saturated heterocycles. The molecule has 7 heteroatoms. The van der Waals surface area contributed by atoms with Crippen LogP contribution in [0.3, 0.4) is 0 Å². The van der Waals surface area contributed by atoms with Gasteiger partial charge in [0.2, 0.25) is 0 Å². The van der Waals surface area contributed by atoms with Gasteiger partial charge in [-0.2, -0.15) is 0 Å². The van der Waals surface area contributed by atoms with E-state index in [0.29, 0.717) is 6.61 Å². The Morgan fingerprint density at radius 3 is 2.64 bits per heavy atom. The summed E-state index contributed by atoms with van der Waals surface area (Å²) in [4.78, 5) is 9.15. The first kappa shape index (κ1) is 19.0. The van der Waals surface area contributed by atoms with Crippen LogP contribution >= 0.6 is 12.2 Å². The van der Waals surface area contributed by atoms with Crippen molar-refractivity contribution in [3.63, 3.8) is 0 Å². The SMILES string of the molecule is Cc1ccc(N2CCN(C(=S)NNC3(C)CCOc4cccnc43)CC2)cc1. The maximum atomic E-state index is 5.72. The van der Waals surface area contributed by atoms with Crippen LogP contribution in [0, 0.1) is 6.92 Å². The largest absolute Gasteiger partial charge is 0.492 e. The second-order valence-corrected chi connectivity index (χ2v) is 8.03. The Bertz CT molecular complexity index is 835. The first-order valence-corrected chi connectivity index (χ1v) is 10.2. The minimum absolute atomic E-state index is 0.317. The third-order valence-corrected chi connectivity index (χ3v) is 5.92. The summed E-state index contributed by atoms with van der Waals surface area (Å²) in [6, 6.07) is 12.6. The van der Waals surface area contributed by atoms with Crippen molar-refractivity contribution in [1.29, 1.82) is 0 Å². The summed E-state index contributed by atoms with van der Waals surface area (Å²) in [5.41, 5.74) is 9.84. The number of piperazine rings is 1. The van der Waals surface area contributed by atoms with Crippen molar-refractivity contribution >= 4 is 23.0 Å². The van der Waals surface area contributed by atoms with E-state index < -0.39 is 0 Å². The molecule has 2 aromatic rings. The van der Waals surface area contributed by atoms with Crippen LogP contribution in [-0.2, 0) is 5.54 Å². The molecule has 6 nitrogen and oxygen atoms in total. The van der Waals surface area contributed by atoms with Crippen molar-refractivity contribution in [3.8, 4) is 5.75 Å². The Hall–Kier alpha value is -2.38. The minimum atomic E-state index is -0.317. The highest BCUT2D eigenvalue weighted by atomic mass is 32.1. The molecule has 1 aromatic carbocycles. The van der Waals surface area contributed by atoms with Crippen LogP contribution in [0.2, 0.25) is 0 Å². The van der Waals surface area contributed by atoms with Crippen LogP contribution in [0.4, 0.5) is 5.69 Å². The maximum Gasteiger partial charge on any atom is 0.183 e. The Labute approximate surface area is 171 Å². The molecule has 1 unspecified atom stereocenters. The number of fused-ring (bicyclic) bond motifs is 1. The second kappa shape index (κ2) is 7.93. The average Bonchev–Trinajstić information content (AvgIpc) is 2.73. The highest BCUT2D eigenvalue weighted by Gasteiger charge is 2.35. The molecule has 0 spiro atoms. The number of anilines is 1. The predicted molar refractivity (Wildman–Crippen MR) is 116 cm³/mol. The molecular formula is C21H27N5OS. The van der Waals surface area contributed by atoms with Gasteiger partial charge >= 0.3 is 0 Å². The Kier molecular flexibility index (Phi) is 5.37. The normalized spacial score (nSPS) is 21.6. The molecule has 3 heterocycles. The number of hydrogen-bond acceptors (Lipinski definition) is 5. The predicted octanol–water partition coefficient (Wildman–Crippen LogP) is 2.59. The molecule has 4 rings (SSSR count). The summed E-state index contributed by atoms with van der Waals surface area (Å²) < 4.78 is 5.72. The number of aromatic nitrogens is 1. The van der Waals surface area contributed by atoms with Crippen LogP contribution in [0.15, 0.2) is 42.6 Å². The zero-order valence-electron chi connectivity index (χ0n) is 16.4. The van der Waals surface area contributed by atoms with E-state index in [1.165, 1.54) is 11.3 Å². The lowest BCUT2D eigenvalue weighted by atomic mass is 9.91. The number of nitrogens with one attached hydrogen (secondary N) is 2. The molecular weight excluding hydrogens is 370 g/mol. The van der Waals surface area contributed by atoms with E-state index in [4.69, 9.17) is 17.0 Å². The molecule has 1 aromatic heterocycles. The molecule has 148 valence electrons. The molecule has 0 amide bonds. The molecule has 2 N–H and O–H groups in total. The molecule has 0 saturated carbocycles. The molecule has 0 aliphatic carbocycles. The van der Waals surface area contributed by atoms with Gasteiger partial charge in [-0.05, 0) is 50.3 Å². The third-order valence-electron chi connectivity index (χ3n) is 5.56. The molecule has 1 fully saturated rings. The van der Waals surface area contributed by atoms with E-state index in [-0.39, 0.29) is 5.54 Å². The second-order valence-electron chi connectivity index (χ2n) is 7.65. The number of hydrazine groups is 1. The van der Waals surface area contributed by atoms with E-state index in [1.54, 1.807) is 6.20 Å². The van der Waals surface area contributed by atoms with E-state index in [0.717, 1.165) is 49.2 Å². The standard InChI is InChI=1S/C21H27N5OS/c1-16-5-7-17(8-6-16)25-11-13-26(14-12-25)20(28)23-24-21(2)9-15-27-18-4-3-10-22-19(18)21/h3-8,10,24H,9,11-15H2,1-2H3,(H,23,28). The molecule has 28 heavy (non-hydrogen) atoms. The molecule has 0 radical (unpaired) electrons. The maximum absolute atomic E-state index is 5.72. The number of aryl methyl sites for hydroxylation is 1. The van der Waals surface area contributed by atoms with Crippen LogP contribution in [0.25, 0.3) is 0 Å². The lowest BCUT2D eigenvalue weighted by Crippen LogP contribution is -2.58. The van der Waals surface area contributed by atoms with Crippen LogP contribution in [0.5, 0.6) is 5.75 Å². The van der Waals surface area contributed by atoms with Gasteiger partial charge in [0, 0.05) is 44.5 Å². The number of ether oxygens (including phenoxy) is 1. The van der Waals surface area contributed by atoms with Gasteiger partial charge in [-0.15, -0.1) is 0 Å². The summed E-state index contributed by atoms with van der Waals surface area (Å²) in [5, 5.41) is 0.730. The summed E-state index contributed by atoms with van der Waals surface area (Å²) in [6.45, 7) is 8.62. The lowest BCUT2D eigenvalue weighted by molar-refractivity contribution is 0.182. The fourth-order valence-corrected chi connectivity index (χ4v) is 3.95. The smallest absolute Gasteiger partial charge is 0.183 e. The van der Waals surface area contributed by atoms with E-state index in [9.17, 15) is 0 Å². The number of rotatable bonds is 3. The van der Waals surface area contributed by atoms with Crippen molar-refractivity contribution in [2.24, 2.45) is 0 Å². The van der Waals surface area contributed by atoms with Gasteiger partial charge in [-0.3, -0.25) is 10.4 Å². The fourth-order valence-electron chi connectivity index (χ4n) is 3.72. The van der Waals surface area contributed by atoms with Crippen LogP contribution in [-0.4, -0.2) is 47.8 Å². The van der Waals surface area contributed by atoms with Crippen LogP contribution in [0.1, 0.15) is 24.6 Å². The number of pyridine rings is 1. The Balaban J connectivity index is 1.32. The van der Waals surface area contributed by atoms with Crippen molar-refractivity contribution in [2.45, 2.75) is 25.8 Å². The van der Waals surface area contributed by atoms with Gasteiger partial charge < -0.3 is 14.5 Å². The fraction of sp³-hybridized carbons (Fsp3) is 0.429. The van der Waals surface area contributed by atoms with Gasteiger partial charge in [-0.1, -0.05) is 17.7 Å². The van der Waals surface area contributed by atoms with E-state index in [2.05, 4.69) is 63.7 Å². The van der Waals surface area contributed by atoms with Gasteiger partial charge in [0.1, 0.15) is 11.4 Å². The molecule has 2 aliphatic heterocycles. The zero-order valence-corrected chi connectivity index (χ0v) is 17.3. The van der Waals surface area contributed by atoms with E-state index in [1.807, 2.05) is 12.1 Å². The summed E-state index contributed by atoms with van der Waals surface area (Å²) in [6.07, 6.45) is 2.63. The van der Waals surface area contributed by atoms with Crippen LogP contribution < -0.4 is 20.5 Å². The highest BCUT2D eigenvalue weighted by Crippen LogP contribution is 2.34. The summed E-state index contributed by atoms with van der Waals surface area (Å²) in [5.74, 6) is 0.836. The first-order valence-electron chi connectivity index (χ1n) is 9.77. The van der Waals surface area contributed by atoms with Crippen molar-refractivity contribution in [3.05, 3.63) is 53.9 Å². The number of thiocarbonyl (C=S) groups is 1. The first-order chi connectivity index (χ1) is 13.5. The third kappa shape index (κ3) is 3.91. The average molecular weight is 398 g/mol. The lowest BCUT2D eigenvalue weighted by Gasteiger charge is -2.39. The Morgan fingerprint density at radius 2 is 1.89 bits per heavy atom. The highest BCUT2D eigenvalue weighted by molar-refractivity contribution is 7.80. The quantitative estimate of drug-likeness (QED) is 0.610. The zero-order chi connectivity index (χ0) is 19.6. The molecule has 2 aliphatic rings. The summed E-state index contributed by atoms with van der Waals surface area (Å²) in [7, 11) is 0. The minimum Gasteiger partial charge on any atom is -0.492 e.